The van der Waals surface area contributed by atoms with E-state index in [0.29, 0.717) is 11.4 Å². The van der Waals surface area contributed by atoms with Crippen molar-refractivity contribution in [3.05, 3.63) is 24.0 Å². The molecule has 19 heavy (non-hydrogen) atoms. The summed E-state index contributed by atoms with van der Waals surface area (Å²) in [6.07, 6.45) is 2.44. The third-order valence-corrected chi connectivity index (χ3v) is 3.19. The van der Waals surface area contributed by atoms with Crippen LogP contribution in [0, 0.1) is 5.82 Å². The average molecular weight is 265 g/mol. The molecule has 1 saturated heterocycles. The van der Waals surface area contributed by atoms with Crippen LogP contribution in [0.2, 0.25) is 0 Å². The fraction of sp³-hybridized carbons (Fsp3) is 0.500. The number of hydrogen-bond donors (Lipinski definition) is 2. The van der Waals surface area contributed by atoms with E-state index in [9.17, 15) is 9.18 Å². The number of amides is 1. The van der Waals surface area contributed by atoms with Gasteiger partial charge in [-0.3, -0.25) is 4.79 Å². The highest BCUT2D eigenvalue weighted by molar-refractivity contribution is 5.91. The van der Waals surface area contributed by atoms with Crippen LogP contribution in [-0.2, 0) is 4.79 Å². The van der Waals surface area contributed by atoms with Crippen molar-refractivity contribution in [3.63, 3.8) is 0 Å². The number of hydrogen-bond acceptors (Lipinski definition) is 3. The van der Waals surface area contributed by atoms with Crippen molar-refractivity contribution < 1.29 is 9.18 Å². The first-order chi connectivity index (χ1) is 9.06. The number of rotatable bonds is 4. The van der Waals surface area contributed by atoms with Gasteiger partial charge < -0.3 is 16.0 Å². The average Bonchev–Trinajstić information content (AvgIpc) is 2.81. The summed E-state index contributed by atoms with van der Waals surface area (Å²) in [7, 11) is 0. The van der Waals surface area contributed by atoms with Crippen LogP contribution in [-0.4, -0.2) is 25.0 Å². The third-order valence-electron chi connectivity index (χ3n) is 3.19. The van der Waals surface area contributed by atoms with Gasteiger partial charge in [-0.2, -0.15) is 0 Å². The molecule has 0 aliphatic carbocycles. The highest BCUT2D eigenvalue weighted by atomic mass is 19.1. The van der Waals surface area contributed by atoms with Gasteiger partial charge in [0, 0.05) is 31.2 Å². The van der Waals surface area contributed by atoms with Gasteiger partial charge in [0.1, 0.15) is 5.82 Å². The molecular weight excluding hydrogens is 245 g/mol. The largest absolute Gasteiger partial charge is 0.369 e. The quantitative estimate of drug-likeness (QED) is 0.876. The summed E-state index contributed by atoms with van der Waals surface area (Å²) in [6.45, 7) is 3.55. The van der Waals surface area contributed by atoms with Gasteiger partial charge in [-0.05, 0) is 38.0 Å². The minimum atomic E-state index is -0.291. The molecule has 1 unspecified atom stereocenters. The zero-order valence-corrected chi connectivity index (χ0v) is 11.2. The lowest BCUT2D eigenvalue weighted by Crippen LogP contribution is -2.24. The zero-order chi connectivity index (χ0) is 13.8. The molecule has 0 aromatic heterocycles. The highest BCUT2D eigenvalue weighted by Crippen LogP contribution is 2.26. The van der Waals surface area contributed by atoms with E-state index < -0.39 is 0 Å². The van der Waals surface area contributed by atoms with Crippen molar-refractivity contribution in [1.82, 2.24) is 0 Å². The van der Waals surface area contributed by atoms with Crippen molar-refractivity contribution in [1.29, 1.82) is 0 Å². The Morgan fingerprint density at radius 1 is 1.47 bits per heavy atom. The number of nitrogens with two attached hydrogens (primary N) is 1. The molecule has 0 radical (unpaired) electrons. The second kappa shape index (κ2) is 6.02. The fourth-order valence-corrected chi connectivity index (χ4v) is 2.30. The topological polar surface area (TPSA) is 58.4 Å². The summed E-state index contributed by atoms with van der Waals surface area (Å²) in [4.78, 5) is 13.6. The number of nitrogens with one attached hydrogen (secondary N) is 1. The molecular formula is C14H20FN3O. The van der Waals surface area contributed by atoms with E-state index in [4.69, 9.17) is 5.73 Å². The van der Waals surface area contributed by atoms with Crippen molar-refractivity contribution in [3.8, 4) is 0 Å². The Morgan fingerprint density at radius 2 is 2.16 bits per heavy atom. The van der Waals surface area contributed by atoms with Crippen LogP contribution in [0.25, 0.3) is 0 Å². The normalized spacial score (nSPS) is 16.5. The number of anilines is 2. The summed E-state index contributed by atoms with van der Waals surface area (Å²) < 4.78 is 14.0. The second-order valence-corrected chi connectivity index (χ2v) is 5.09. The van der Waals surface area contributed by atoms with E-state index in [1.54, 1.807) is 19.1 Å². The lowest BCUT2D eigenvalue weighted by Gasteiger charge is -2.19. The van der Waals surface area contributed by atoms with Crippen molar-refractivity contribution in [2.45, 2.75) is 32.2 Å². The fourth-order valence-electron chi connectivity index (χ4n) is 2.30. The van der Waals surface area contributed by atoms with E-state index in [2.05, 4.69) is 5.32 Å². The molecule has 0 spiro atoms. The molecule has 1 aromatic rings. The summed E-state index contributed by atoms with van der Waals surface area (Å²) in [5.74, 6) is -0.483. The first-order valence-electron chi connectivity index (χ1n) is 6.66. The Hall–Kier alpha value is -1.62. The lowest BCUT2D eigenvalue weighted by molar-refractivity contribution is -0.116. The summed E-state index contributed by atoms with van der Waals surface area (Å²) in [5, 5.41) is 2.65. The number of nitrogens with zero attached hydrogens (tertiary/aromatic N) is 1. The predicted molar refractivity (Wildman–Crippen MR) is 74.7 cm³/mol. The van der Waals surface area contributed by atoms with Crippen LogP contribution in [0.15, 0.2) is 18.2 Å². The van der Waals surface area contributed by atoms with Gasteiger partial charge in [-0.15, -0.1) is 0 Å². The molecule has 0 saturated carbocycles. The molecule has 1 aliphatic heterocycles. The van der Waals surface area contributed by atoms with E-state index in [-0.39, 0.29) is 24.2 Å². The maximum atomic E-state index is 14.0. The summed E-state index contributed by atoms with van der Waals surface area (Å²) >= 11 is 0. The minimum absolute atomic E-state index is 0.191. The molecule has 3 N–H and O–H groups in total. The molecule has 1 fully saturated rings. The van der Waals surface area contributed by atoms with Crippen molar-refractivity contribution in [2.24, 2.45) is 5.73 Å². The number of halogens is 1. The van der Waals surface area contributed by atoms with E-state index >= 15 is 0 Å². The SMILES string of the molecule is CC(N)CC(=O)Nc1ccc(N2CCCC2)c(F)c1. The van der Waals surface area contributed by atoms with Crippen LogP contribution >= 0.6 is 0 Å². The van der Waals surface area contributed by atoms with Crippen molar-refractivity contribution >= 4 is 17.3 Å². The van der Waals surface area contributed by atoms with Crippen LogP contribution in [0.5, 0.6) is 0 Å². The number of benzene rings is 1. The van der Waals surface area contributed by atoms with Gasteiger partial charge in [-0.25, -0.2) is 4.39 Å². The molecule has 1 aliphatic rings. The first kappa shape index (κ1) is 13.8. The minimum Gasteiger partial charge on any atom is -0.369 e. The van der Waals surface area contributed by atoms with Gasteiger partial charge in [0.25, 0.3) is 0 Å². The maximum Gasteiger partial charge on any atom is 0.225 e. The standard InChI is InChI=1S/C14H20FN3O/c1-10(16)8-14(19)17-11-4-5-13(12(15)9-11)18-6-2-3-7-18/h4-5,9-10H,2-3,6-8,16H2,1H3,(H,17,19). The molecule has 4 nitrogen and oxygen atoms in total. The molecule has 1 atom stereocenters. The van der Waals surface area contributed by atoms with E-state index in [0.717, 1.165) is 25.9 Å². The Balaban J connectivity index is 2.04. The van der Waals surface area contributed by atoms with Gasteiger partial charge in [-0.1, -0.05) is 0 Å². The second-order valence-electron chi connectivity index (χ2n) is 5.09. The van der Waals surface area contributed by atoms with Crippen molar-refractivity contribution in [2.75, 3.05) is 23.3 Å². The Kier molecular flexibility index (Phi) is 4.37. The Bertz CT molecular complexity index is 456. The molecule has 2 rings (SSSR count). The van der Waals surface area contributed by atoms with Gasteiger partial charge in [0.15, 0.2) is 0 Å². The molecule has 5 heteroatoms. The van der Waals surface area contributed by atoms with Gasteiger partial charge in [0.05, 0.1) is 5.69 Å². The Labute approximate surface area is 112 Å². The highest BCUT2D eigenvalue weighted by Gasteiger charge is 2.16. The first-order valence-corrected chi connectivity index (χ1v) is 6.66. The van der Waals surface area contributed by atoms with Crippen LogP contribution in [0.3, 0.4) is 0 Å². The smallest absolute Gasteiger partial charge is 0.225 e. The molecule has 104 valence electrons. The Morgan fingerprint density at radius 3 is 2.74 bits per heavy atom. The van der Waals surface area contributed by atoms with Gasteiger partial charge in [0.2, 0.25) is 5.91 Å². The van der Waals surface area contributed by atoms with Crippen LogP contribution < -0.4 is 16.0 Å². The molecule has 0 bridgehead atoms. The summed E-state index contributed by atoms with van der Waals surface area (Å²) in [6, 6.07) is 4.62. The number of carbonyl (C=O) groups is 1. The van der Waals surface area contributed by atoms with E-state index in [1.807, 2.05) is 4.90 Å². The van der Waals surface area contributed by atoms with Crippen LogP contribution in [0.4, 0.5) is 15.8 Å². The zero-order valence-electron chi connectivity index (χ0n) is 11.2. The van der Waals surface area contributed by atoms with E-state index in [1.165, 1.54) is 6.07 Å². The predicted octanol–water partition coefficient (Wildman–Crippen LogP) is 2.10. The van der Waals surface area contributed by atoms with Gasteiger partial charge >= 0.3 is 0 Å². The molecule has 1 aromatic carbocycles. The third kappa shape index (κ3) is 3.67. The molecule has 1 heterocycles. The van der Waals surface area contributed by atoms with Crippen LogP contribution in [0.1, 0.15) is 26.2 Å². The summed E-state index contributed by atoms with van der Waals surface area (Å²) in [5.41, 5.74) is 6.63. The monoisotopic (exact) mass is 265 g/mol. The maximum absolute atomic E-state index is 14.0. The molecule has 1 amide bonds. The lowest BCUT2D eigenvalue weighted by atomic mass is 10.2. The number of carbonyl (C=O) groups excluding carboxylic acids is 1.